The zero-order valence-electron chi connectivity index (χ0n) is 34.8. The Bertz CT molecular complexity index is 2030. The van der Waals surface area contributed by atoms with Crippen molar-refractivity contribution >= 4 is 46.7 Å². The minimum atomic E-state index is -2.39. The van der Waals surface area contributed by atoms with Crippen LogP contribution in [0.15, 0.2) is 64.3 Å². The standard InChI is InChI=1S/C43H53NO15S/c1-21(2)19-60-39(52)44-31(26-15-12-16-54-26)32(48)38(51)57-27-18-43(53)36(58-37(50)25-13-10-9-11-14-25)34-41(8,28(47)17-29-42(34,20-55-29)59-24(5)46)35(49)33(56-23(4)45)30(22(27)3)40(43,6)7/h9-16,21,27-29,31-34,36,47-48,53H,17-20H2,1-8H3,(H,44,52)/t27-,28-,29+,31?,32+,33+,34-,36-,41+,42?,43+/m0/s1. The smallest absolute Gasteiger partial charge is 0.338 e. The van der Waals surface area contributed by atoms with Crippen LogP contribution in [0.3, 0.4) is 0 Å². The summed E-state index contributed by atoms with van der Waals surface area (Å²) in [6, 6.07) is 9.37. The lowest BCUT2D eigenvalue weighted by Gasteiger charge is -2.67. The van der Waals surface area contributed by atoms with Crippen LogP contribution in [0.1, 0.15) is 90.4 Å². The lowest BCUT2D eigenvalue weighted by Crippen LogP contribution is -2.82. The van der Waals surface area contributed by atoms with Crippen molar-refractivity contribution in [3.8, 4) is 0 Å². The zero-order valence-corrected chi connectivity index (χ0v) is 35.6. The fourth-order valence-corrected chi connectivity index (χ4v) is 10.2. The number of Topliss-reactive ketones (excluding diaryl/α,β-unsaturated/α-hetero) is 1. The first-order chi connectivity index (χ1) is 28.1. The number of benzene rings is 1. The minimum Gasteiger partial charge on any atom is -0.467 e. The van der Waals surface area contributed by atoms with Crippen LogP contribution >= 0.6 is 11.8 Å². The number of ether oxygens (including phenoxy) is 5. The maximum Gasteiger partial charge on any atom is 0.338 e. The number of amides is 1. The second kappa shape index (κ2) is 16.7. The molecular formula is C43H53NO15S. The second-order valence-corrected chi connectivity index (χ2v) is 18.2. The van der Waals surface area contributed by atoms with Crippen molar-refractivity contribution in [2.75, 3.05) is 12.4 Å². The molecule has 2 unspecified atom stereocenters. The Kier molecular flexibility index (Phi) is 12.5. The van der Waals surface area contributed by atoms with Gasteiger partial charge in [-0.2, -0.15) is 0 Å². The van der Waals surface area contributed by atoms with E-state index in [-0.39, 0.29) is 41.4 Å². The van der Waals surface area contributed by atoms with Gasteiger partial charge in [0.2, 0.25) is 0 Å². The Morgan fingerprint density at radius 3 is 2.23 bits per heavy atom. The first-order valence-corrected chi connectivity index (χ1v) is 20.8. The Labute approximate surface area is 351 Å². The van der Waals surface area contributed by atoms with E-state index in [4.69, 9.17) is 28.1 Å². The Morgan fingerprint density at radius 2 is 1.67 bits per heavy atom. The van der Waals surface area contributed by atoms with Gasteiger partial charge in [0.1, 0.15) is 35.7 Å². The Balaban J connectivity index is 1.52. The summed E-state index contributed by atoms with van der Waals surface area (Å²) in [5.41, 5.74) is -7.65. The molecule has 2 aromatic rings. The van der Waals surface area contributed by atoms with Gasteiger partial charge >= 0.3 is 23.9 Å². The molecule has 6 rings (SSSR count). The van der Waals surface area contributed by atoms with E-state index in [1.807, 2.05) is 13.8 Å². The lowest BCUT2D eigenvalue weighted by atomic mass is 9.44. The van der Waals surface area contributed by atoms with Crippen molar-refractivity contribution in [1.82, 2.24) is 5.32 Å². The van der Waals surface area contributed by atoms with Crippen molar-refractivity contribution in [3.63, 3.8) is 0 Å². The first kappa shape index (κ1) is 45.0. The Morgan fingerprint density at radius 1 is 0.983 bits per heavy atom. The van der Waals surface area contributed by atoms with E-state index in [9.17, 15) is 39.3 Å². The summed E-state index contributed by atoms with van der Waals surface area (Å²) in [5.74, 6) is -5.64. The van der Waals surface area contributed by atoms with Crippen molar-refractivity contribution in [2.45, 2.75) is 122 Å². The highest BCUT2D eigenvalue weighted by molar-refractivity contribution is 8.13. The summed E-state index contributed by atoms with van der Waals surface area (Å²) in [7, 11) is 0. The summed E-state index contributed by atoms with van der Waals surface area (Å²) >= 11 is 0.947. The zero-order chi connectivity index (χ0) is 44.1. The van der Waals surface area contributed by atoms with Crippen LogP contribution in [0.4, 0.5) is 4.79 Å². The molecule has 4 aliphatic rings. The topological polar surface area (TPSA) is 234 Å². The number of furan rings is 1. The molecule has 326 valence electrons. The van der Waals surface area contributed by atoms with Crippen LogP contribution in [0.5, 0.6) is 0 Å². The first-order valence-electron chi connectivity index (χ1n) is 19.9. The number of aliphatic hydroxyl groups excluding tert-OH is 2. The molecule has 1 aromatic heterocycles. The molecule has 0 radical (unpaired) electrons. The Hall–Kier alpha value is -4.55. The van der Waals surface area contributed by atoms with Gasteiger partial charge in [-0.25, -0.2) is 9.59 Å². The monoisotopic (exact) mass is 855 g/mol. The van der Waals surface area contributed by atoms with Crippen molar-refractivity contribution in [1.29, 1.82) is 0 Å². The van der Waals surface area contributed by atoms with Gasteiger partial charge in [-0.05, 0) is 55.2 Å². The number of carbonyl (C=O) groups is 6. The maximum absolute atomic E-state index is 15.4. The molecule has 1 saturated heterocycles. The van der Waals surface area contributed by atoms with Gasteiger partial charge < -0.3 is 48.7 Å². The largest absolute Gasteiger partial charge is 0.467 e. The summed E-state index contributed by atoms with van der Waals surface area (Å²) in [4.78, 5) is 82.6. The van der Waals surface area contributed by atoms with Crippen molar-refractivity contribution < 1.29 is 72.2 Å². The summed E-state index contributed by atoms with van der Waals surface area (Å²) in [5, 5.41) is 39.3. The van der Waals surface area contributed by atoms with Gasteiger partial charge in [-0.15, -0.1) is 0 Å². The maximum atomic E-state index is 15.4. The fraction of sp³-hybridized carbons (Fsp3) is 0.581. The van der Waals surface area contributed by atoms with Crippen LogP contribution in [0.2, 0.25) is 0 Å². The second-order valence-electron chi connectivity index (χ2n) is 17.3. The lowest BCUT2D eigenvalue weighted by molar-refractivity contribution is -0.346. The van der Waals surface area contributed by atoms with E-state index in [0.29, 0.717) is 5.75 Å². The van der Waals surface area contributed by atoms with Gasteiger partial charge in [-0.3, -0.25) is 19.2 Å². The number of ketones is 1. The van der Waals surface area contributed by atoms with E-state index < -0.39 is 112 Å². The molecule has 1 aliphatic heterocycles. The number of fused-ring (bicyclic) bond motifs is 5. The van der Waals surface area contributed by atoms with Gasteiger partial charge in [0.05, 0.1) is 35.9 Å². The van der Waals surface area contributed by atoms with Crippen LogP contribution < -0.4 is 5.32 Å². The molecule has 0 spiro atoms. The van der Waals surface area contributed by atoms with E-state index >= 15 is 4.79 Å². The number of esters is 4. The molecule has 17 heteroatoms. The molecule has 4 N–H and O–H groups in total. The third kappa shape index (κ3) is 7.67. The third-order valence-electron chi connectivity index (χ3n) is 12.7. The van der Waals surface area contributed by atoms with Gasteiger partial charge in [0.15, 0.2) is 23.6 Å². The average Bonchev–Trinajstić information content (AvgIpc) is 3.72. The number of thioether (sulfide) groups is 1. The molecule has 60 heavy (non-hydrogen) atoms. The van der Waals surface area contributed by atoms with Crippen LogP contribution in [-0.2, 0) is 42.9 Å². The molecule has 16 nitrogen and oxygen atoms in total. The molecule has 1 amide bonds. The number of aliphatic hydroxyl groups is 3. The highest BCUT2D eigenvalue weighted by atomic mass is 32.2. The van der Waals surface area contributed by atoms with Crippen molar-refractivity contribution in [3.05, 3.63) is 71.2 Å². The highest BCUT2D eigenvalue weighted by Gasteiger charge is 2.78. The minimum absolute atomic E-state index is 0.00846. The average molecular weight is 856 g/mol. The predicted molar refractivity (Wildman–Crippen MR) is 212 cm³/mol. The van der Waals surface area contributed by atoms with Crippen LogP contribution in [0.25, 0.3) is 0 Å². The highest BCUT2D eigenvalue weighted by Crippen LogP contribution is 2.64. The van der Waals surface area contributed by atoms with Crippen molar-refractivity contribution in [2.24, 2.45) is 22.7 Å². The number of nitrogens with one attached hydrogen (secondary N) is 1. The summed E-state index contributed by atoms with van der Waals surface area (Å²) < 4.78 is 35.6. The van der Waals surface area contributed by atoms with Gasteiger partial charge in [0, 0.05) is 37.9 Å². The quantitative estimate of drug-likeness (QED) is 0.142. The van der Waals surface area contributed by atoms with Crippen LogP contribution in [0, 0.1) is 22.7 Å². The molecule has 2 heterocycles. The van der Waals surface area contributed by atoms with E-state index in [0.717, 1.165) is 25.6 Å². The molecule has 2 bridgehead atoms. The molecule has 3 fully saturated rings. The third-order valence-corrected chi connectivity index (χ3v) is 13.9. The fourth-order valence-electron chi connectivity index (χ4n) is 9.55. The SMILES string of the molecule is CC(=O)O[C@H]1C(=O)[C@@]2(C)[C@H]([C@H](OC(=O)c3ccccc3)[C@]3(O)C[C@H](OC(=O)[C@H](O)C(NC(=O)SCC(C)C)c4ccco4)C(C)=C1C3(C)C)C1(OC(C)=O)CO[C@@H]1C[C@@H]2O. The molecule has 1 aromatic carbocycles. The molecule has 2 saturated carbocycles. The van der Waals surface area contributed by atoms with Crippen LogP contribution in [-0.4, -0.2) is 110 Å². The summed E-state index contributed by atoms with van der Waals surface area (Å²) in [6.07, 6.45) is -9.25. The normalized spacial score (nSPS) is 32.8. The molecule has 3 aliphatic carbocycles. The number of rotatable bonds is 11. The van der Waals surface area contributed by atoms with E-state index in [2.05, 4.69) is 5.32 Å². The van der Waals surface area contributed by atoms with Gasteiger partial charge in [-0.1, -0.05) is 57.7 Å². The van der Waals surface area contributed by atoms with E-state index in [1.54, 1.807) is 32.0 Å². The van der Waals surface area contributed by atoms with Gasteiger partial charge in [0.25, 0.3) is 5.24 Å². The number of hydrogen-bond donors (Lipinski definition) is 4. The van der Waals surface area contributed by atoms with E-state index in [1.165, 1.54) is 44.4 Å². The number of hydrogen-bond acceptors (Lipinski definition) is 16. The summed E-state index contributed by atoms with van der Waals surface area (Å²) in [6.45, 7) is 11.8. The number of carbonyl (C=O) groups excluding carboxylic acids is 6. The molecular weight excluding hydrogens is 803 g/mol. The predicted octanol–water partition coefficient (Wildman–Crippen LogP) is 4.00. The molecule has 11 atom stereocenters.